The zero-order chi connectivity index (χ0) is 19.6. The number of halogens is 1. The maximum atomic E-state index is 12.3. The molecule has 26 heavy (non-hydrogen) atoms. The van der Waals surface area contributed by atoms with Crippen LogP contribution in [-0.4, -0.2) is 42.6 Å². The highest BCUT2D eigenvalue weighted by molar-refractivity contribution is 6.32. The number of Topliss-reactive ketones (excluding diaryl/α,β-unsaturated/α-hetero) is 1. The van der Waals surface area contributed by atoms with Crippen molar-refractivity contribution in [1.29, 1.82) is 0 Å². The van der Waals surface area contributed by atoms with Gasteiger partial charge in [0, 0.05) is 23.7 Å². The van der Waals surface area contributed by atoms with Crippen LogP contribution in [-0.2, 0) is 4.74 Å². The summed E-state index contributed by atoms with van der Waals surface area (Å²) in [7, 11) is 1.58. The van der Waals surface area contributed by atoms with E-state index in [1.54, 1.807) is 18.1 Å². The van der Waals surface area contributed by atoms with Crippen LogP contribution in [0.25, 0.3) is 0 Å². The monoisotopic (exact) mass is 381 g/mol. The molecule has 1 heterocycles. The van der Waals surface area contributed by atoms with Crippen LogP contribution in [0.3, 0.4) is 0 Å². The van der Waals surface area contributed by atoms with E-state index in [9.17, 15) is 9.59 Å². The van der Waals surface area contributed by atoms with Crippen molar-refractivity contribution in [3.8, 4) is 5.75 Å². The van der Waals surface area contributed by atoms with E-state index in [4.69, 9.17) is 21.1 Å². The smallest absolute Gasteiger partial charge is 0.410 e. The fourth-order valence-electron chi connectivity index (χ4n) is 3.39. The van der Waals surface area contributed by atoms with Crippen molar-refractivity contribution in [1.82, 2.24) is 4.90 Å². The van der Waals surface area contributed by atoms with E-state index in [-0.39, 0.29) is 17.8 Å². The highest BCUT2D eigenvalue weighted by atomic mass is 35.5. The number of benzene rings is 1. The number of nitrogens with zero attached hydrogens (tertiary/aromatic N) is 1. The Balaban J connectivity index is 2.24. The molecule has 0 atom stereocenters. The second-order valence-electron chi connectivity index (χ2n) is 7.78. The summed E-state index contributed by atoms with van der Waals surface area (Å²) in [6.45, 7) is 10.3. The van der Waals surface area contributed by atoms with Crippen molar-refractivity contribution >= 4 is 23.5 Å². The lowest BCUT2D eigenvalue weighted by atomic mass is 9.84. The normalized spacial score (nSPS) is 15.7. The van der Waals surface area contributed by atoms with Gasteiger partial charge in [-0.3, -0.25) is 4.79 Å². The first-order chi connectivity index (χ1) is 12.0. The molecule has 2 rings (SSSR count). The molecule has 144 valence electrons. The second kappa shape index (κ2) is 7.87. The Hall–Kier alpha value is -1.75. The molecule has 1 aliphatic heterocycles. The third kappa shape index (κ3) is 4.50. The number of amides is 1. The Morgan fingerprint density at radius 2 is 1.81 bits per heavy atom. The van der Waals surface area contributed by atoms with Crippen LogP contribution in [0, 0.1) is 6.92 Å². The maximum absolute atomic E-state index is 12.3. The number of carbonyl (C=O) groups is 2. The average molecular weight is 382 g/mol. The molecule has 1 saturated heterocycles. The Labute approximate surface area is 160 Å². The SMILES string of the molecule is COc1c(C(C)=O)cc(Cl)c(C)c1C1CCN(C(=O)OC(C)(C)C)CC1. The van der Waals surface area contributed by atoms with Crippen LogP contribution in [0.1, 0.15) is 67.9 Å². The molecule has 5 nitrogen and oxygen atoms in total. The van der Waals surface area contributed by atoms with Crippen LogP contribution in [0.2, 0.25) is 5.02 Å². The highest BCUT2D eigenvalue weighted by Crippen LogP contribution is 2.41. The number of ether oxygens (including phenoxy) is 2. The van der Waals surface area contributed by atoms with E-state index in [1.165, 1.54) is 6.92 Å². The van der Waals surface area contributed by atoms with Gasteiger partial charge in [0.15, 0.2) is 5.78 Å². The molecule has 0 N–H and O–H groups in total. The predicted octanol–water partition coefficient (Wildman–Crippen LogP) is 4.97. The van der Waals surface area contributed by atoms with E-state index in [0.29, 0.717) is 29.4 Å². The van der Waals surface area contributed by atoms with Crippen molar-refractivity contribution in [3.05, 3.63) is 27.8 Å². The number of rotatable bonds is 3. The third-order valence-corrected chi connectivity index (χ3v) is 5.05. The Morgan fingerprint density at radius 1 is 1.23 bits per heavy atom. The maximum Gasteiger partial charge on any atom is 0.410 e. The molecule has 0 spiro atoms. The molecule has 0 aromatic heterocycles. The number of hydrogen-bond acceptors (Lipinski definition) is 4. The van der Waals surface area contributed by atoms with Crippen molar-refractivity contribution in [2.75, 3.05) is 20.2 Å². The number of hydrogen-bond donors (Lipinski definition) is 0. The molecule has 1 aromatic rings. The van der Waals surface area contributed by atoms with Gasteiger partial charge < -0.3 is 14.4 Å². The number of carbonyl (C=O) groups excluding carboxylic acids is 2. The van der Waals surface area contributed by atoms with Crippen LogP contribution in [0.15, 0.2) is 6.07 Å². The topological polar surface area (TPSA) is 55.8 Å². The molecule has 6 heteroatoms. The standard InChI is InChI=1S/C20H28ClNO4/c1-12-16(21)11-15(13(2)23)18(25-6)17(12)14-7-9-22(10-8-14)19(24)26-20(3,4)5/h11,14H,7-10H2,1-6H3. The van der Waals surface area contributed by atoms with Crippen molar-refractivity contribution in [3.63, 3.8) is 0 Å². The first-order valence-corrected chi connectivity index (χ1v) is 9.28. The van der Waals surface area contributed by atoms with Gasteiger partial charge in [0.2, 0.25) is 0 Å². The molecule has 0 bridgehead atoms. The van der Waals surface area contributed by atoms with E-state index >= 15 is 0 Å². The largest absolute Gasteiger partial charge is 0.496 e. The molecule has 1 fully saturated rings. The summed E-state index contributed by atoms with van der Waals surface area (Å²) >= 11 is 6.37. The zero-order valence-corrected chi connectivity index (χ0v) is 17.2. The van der Waals surface area contributed by atoms with Crippen LogP contribution < -0.4 is 4.74 Å². The fourth-order valence-corrected chi connectivity index (χ4v) is 3.61. The lowest BCUT2D eigenvalue weighted by molar-refractivity contribution is 0.0204. The summed E-state index contributed by atoms with van der Waals surface area (Å²) in [5.41, 5.74) is 1.92. The van der Waals surface area contributed by atoms with Crippen LogP contribution in [0.4, 0.5) is 4.79 Å². The van der Waals surface area contributed by atoms with Gasteiger partial charge in [-0.15, -0.1) is 0 Å². The Kier molecular flexibility index (Phi) is 6.22. The number of piperidine rings is 1. The minimum Gasteiger partial charge on any atom is -0.496 e. The molecule has 0 radical (unpaired) electrons. The van der Waals surface area contributed by atoms with Gasteiger partial charge in [-0.05, 0) is 65.0 Å². The van der Waals surface area contributed by atoms with Crippen molar-refractivity contribution in [2.45, 2.75) is 59.0 Å². The van der Waals surface area contributed by atoms with E-state index < -0.39 is 5.60 Å². The second-order valence-corrected chi connectivity index (χ2v) is 8.18. The fraction of sp³-hybridized carbons (Fsp3) is 0.600. The van der Waals surface area contributed by atoms with Gasteiger partial charge in [0.05, 0.1) is 12.7 Å². The molecule has 1 amide bonds. The number of ketones is 1. The highest BCUT2D eigenvalue weighted by Gasteiger charge is 2.31. The first kappa shape index (κ1) is 20.6. The summed E-state index contributed by atoms with van der Waals surface area (Å²) in [6.07, 6.45) is 1.26. The van der Waals surface area contributed by atoms with Crippen molar-refractivity contribution < 1.29 is 19.1 Å². The molecule has 1 aliphatic rings. The summed E-state index contributed by atoms with van der Waals surface area (Å²) in [6, 6.07) is 1.68. The minimum absolute atomic E-state index is 0.0730. The molecule has 0 saturated carbocycles. The van der Waals surface area contributed by atoms with E-state index in [2.05, 4.69) is 0 Å². The summed E-state index contributed by atoms with van der Waals surface area (Å²) in [5.74, 6) is 0.715. The molecule has 0 unspecified atom stereocenters. The van der Waals surface area contributed by atoms with Gasteiger partial charge in [-0.2, -0.15) is 0 Å². The Morgan fingerprint density at radius 3 is 2.27 bits per heavy atom. The van der Waals surface area contributed by atoms with Gasteiger partial charge in [0.25, 0.3) is 0 Å². The molecule has 1 aromatic carbocycles. The Bertz CT molecular complexity index is 701. The van der Waals surface area contributed by atoms with Gasteiger partial charge in [-0.1, -0.05) is 11.6 Å². The number of methoxy groups -OCH3 is 1. The van der Waals surface area contributed by atoms with Crippen LogP contribution in [0.5, 0.6) is 5.75 Å². The quantitative estimate of drug-likeness (QED) is 0.693. The van der Waals surface area contributed by atoms with Gasteiger partial charge >= 0.3 is 6.09 Å². The average Bonchev–Trinajstić information content (AvgIpc) is 2.55. The number of likely N-dealkylation sites (tertiary alicyclic amines) is 1. The lowest BCUT2D eigenvalue weighted by Gasteiger charge is -2.34. The van der Waals surface area contributed by atoms with Crippen LogP contribution >= 0.6 is 11.6 Å². The zero-order valence-electron chi connectivity index (χ0n) is 16.4. The summed E-state index contributed by atoms with van der Waals surface area (Å²) in [4.78, 5) is 26.0. The third-order valence-electron chi connectivity index (χ3n) is 4.66. The molecular formula is C20H28ClNO4. The first-order valence-electron chi connectivity index (χ1n) is 8.91. The van der Waals surface area contributed by atoms with E-state index in [0.717, 1.165) is 24.0 Å². The molecular weight excluding hydrogens is 354 g/mol. The van der Waals surface area contributed by atoms with E-state index in [1.807, 2.05) is 27.7 Å². The molecule has 0 aliphatic carbocycles. The summed E-state index contributed by atoms with van der Waals surface area (Å²) in [5, 5.41) is 0.570. The lowest BCUT2D eigenvalue weighted by Crippen LogP contribution is -2.41. The minimum atomic E-state index is -0.503. The predicted molar refractivity (Wildman–Crippen MR) is 103 cm³/mol. The van der Waals surface area contributed by atoms with Crippen molar-refractivity contribution in [2.24, 2.45) is 0 Å². The van der Waals surface area contributed by atoms with Gasteiger partial charge in [0.1, 0.15) is 11.4 Å². The van der Waals surface area contributed by atoms with Gasteiger partial charge in [-0.25, -0.2) is 4.79 Å². The summed E-state index contributed by atoms with van der Waals surface area (Å²) < 4.78 is 11.0.